The molecular formula is C60H52Cl2F8N4O9S4. The second-order valence-electron chi connectivity index (χ2n) is 18.4. The lowest BCUT2D eigenvalue weighted by Crippen LogP contribution is -2.30. The van der Waals surface area contributed by atoms with Crippen molar-refractivity contribution in [1.82, 2.24) is 14.5 Å². The molecule has 0 radical (unpaired) electrons. The number of rotatable bonds is 23. The number of alkyl halides is 6. The molecule has 0 unspecified atom stereocenters. The average Bonchev–Trinajstić information content (AvgIpc) is 3.54. The third-order valence-electron chi connectivity index (χ3n) is 11.9. The van der Waals surface area contributed by atoms with Crippen molar-refractivity contribution in [3.05, 3.63) is 249 Å². The monoisotopic (exact) mass is 1320 g/mol. The Kier molecular flexibility index (Phi) is 25.5. The van der Waals surface area contributed by atoms with Crippen LogP contribution in [0.15, 0.2) is 214 Å². The van der Waals surface area contributed by atoms with Gasteiger partial charge in [0.15, 0.2) is 0 Å². The molecule has 0 spiro atoms. The highest BCUT2D eigenvalue weighted by atomic mass is 35.5. The molecule has 27 heteroatoms. The first-order valence-electron chi connectivity index (χ1n) is 25.5. The summed E-state index contributed by atoms with van der Waals surface area (Å²) >= 11 is 15.9. The van der Waals surface area contributed by atoms with E-state index in [0.717, 1.165) is 70.3 Å². The molecule has 1 amide bonds. The highest BCUT2D eigenvalue weighted by Crippen LogP contribution is 2.28. The zero-order valence-electron chi connectivity index (χ0n) is 45.2. The first-order chi connectivity index (χ1) is 41.1. The van der Waals surface area contributed by atoms with Gasteiger partial charge < -0.3 is 14.6 Å². The van der Waals surface area contributed by atoms with Gasteiger partial charge in [0.1, 0.15) is 23.1 Å². The van der Waals surface area contributed by atoms with Crippen LogP contribution in [0.4, 0.5) is 35.1 Å². The lowest BCUT2D eigenvalue weighted by molar-refractivity contribution is -0.275. The number of ether oxygens (including phenoxy) is 2. The maximum absolute atomic E-state index is 14.6. The van der Waals surface area contributed by atoms with Crippen molar-refractivity contribution in [2.45, 2.75) is 58.5 Å². The second-order valence-corrected chi connectivity index (χ2v) is 24.8. The van der Waals surface area contributed by atoms with E-state index in [1.54, 1.807) is 66.0 Å². The molecule has 0 atom stereocenters. The maximum Gasteiger partial charge on any atom is 0.573 e. The van der Waals surface area contributed by atoms with E-state index in [0.29, 0.717) is 59.6 Å². The van der Waals surface area contributed by atoms with Crippen molar-refractivity contribution in [3.63, 3.8) is 0 Å². The molecule has 0 fully saturated rings. The molecule has 0 aliphatic heterocycles. The summed E-state index contributed by atoms with van der Waals surface area (Å²) in [7, 11) is -8.03. The Bertz CT molecular complexity index is 3720. The van der Waals surface area contributed by atoms with Gasteiger partial charge in [0.25, 0.3) is 15.9 Å². The van der Waals surface area contributed by atoms with Gasteiger partial charge in [-0.05, 0) is 132 Å². The lowest BCUT2D eigenvalue weighted by Gasteiger charge is -2.23. The maximum atomic E-state index is 14.6. The number of carbonyl (C=O) groups is 2. The van der Waals surface area contributed by atoms with Crippen LogP contribution in [0.25, 0.3) is 0 Å². The summed E-state index contributed by atoms with van der Waals surface area (Å²) in [5.41, 5.74) is 2.17. The summed E-state index contributed by atoms with van der Waals surface area (Å²) in [5.74, 6) is -2.46. The SMILES string of the molecule is NS(=O)(=O)c1ccc(CN(CCSc2ccccc2)Cc2c(F)cccc2Cl)cc1.O=C(NS(=O)(=O)c1ccc(CN(CCSc2ccccc2)Cc2c(F)cccc2Cl)cc1)c1ccc(OC(F)(F)F)cc1.O=C(O)c1ccc(OC(F)(F)F)cc1. The van der Waals surface area contributed by atoms with Gasteiger partial charge in [-0.3, -0.25) is 14.6 Å². The van der Waals surface area contributed by atoms with Crippen molar-refractivity contribution in [2.24, 2.45) is 5.14 Å². The molecule has 0 heterocycles. The van der Waals surface area contributed by atoms with Gasteiger partial charge in [-0.2, -0.15) is 0 Å². The number of hydrogen-bond acceptors (Lipinski definition) is 12. The molecule has 0 saturated carbocycles. The van der Waals surface area contributed by atoms with E-state index in [9.17, 15) is 61.5 Å². The number of hydrogen-bond donors (Lipinski definition) is 3. The minimum Gasteiger partial charge on any atom is -0.478 e. The minimum absolute atomic E-state index is 0.0644. The number of halogens is 10. The van der Waals surface area contributed by atoms with E-state index in [-0.39, 0.29) is 33.3 Å². The molecule has 87 heavy (non-hydrogen) atoms. The number of nitrogens with two attached hydrogens (primary N) is 1. The fourth-order valence-electron chi connectivity index (χ4n) is 7.78. The van der Waals surface area contributed by atoms with Crippen molar-refractivity contribution in [3.8, 4) is 11.5 Å². The van der Waals surface area contributed by atoms with E-state index in [4.69, 9.17) is 33.4 Å². The summed E-state index contributed by atoms with van der Waals surface area (Å²) < 4.78 is 159. The molecule has 8 aromatic rings. The van der Waals surface area contributed by atoms with Crippen molar-refractivity contribution in [1.29, 1.82) is 0 Å². The normalized spacial score (nSPS) is 11.7. The smallest absolute Gasteiger partial charge is 0.478 e. The standard InChI is InChI=1S/C30H25ClF4N2O4S2.C22H22ClFN2O2S2.C8H5F3O3/c31-27-7-4-8-28(32)26(27)20-37(17-18-42-24-5-2-1-3-6-24)19-21-9-15-25(16-10-21)43(39,40)36-29(38)22-11-13-23(14-12-22)41-30(33,34)35;23-21-7-4-8-22(24)20(21)16-26(13-14-29-18-5-2-1-3-6-18)15-17-9-11-19(12-10-17)30(25,27)28;9-8(10,11)14-6-3-1-5(2-4-6)7(12)13/h1-16H,17-20H2,(H,36,38);1-12H,13-16H2,(H2,25,27,28);1-4H,(H,12,13). The van der Waals surface area contributed by atoms with Crippen LogP contribution in [0.5, 0.6) is 11.5 Å². The Labute approximate surface area is 515 Å². The van der Waals surface area contributed by atoms with E-state index in [1.165, 1.54) is 47.4 Å². The van der Waals surface area contributed by atoms with E-state index < -0.39 is 62.0 Å². The predicted octanol–water partition coefficient (Wildman–Crippen LogP) is 14.5. The number of carboxylic acid groups (broad SMARTS) is 1. The van der Waals surface area contributed by atoms with Gasteiger partial charge in [-0.1, -0.05) is 96.0 Å². The summed E-state index contributed by atoms with van der Waals surface area (Å²) in [6.07, 6.45) is -9.66. The first-order valence-corrected chi connectivity index (χ1v) is 31.3. The topological polar surface area (TPSA) is 186 Å². The largest absolute Gasteiger partial charge is 0.573 e. The summed E-state index contributed by atoms with van der Waals surface area (Å²) in [5, 5.41) is 14.3. The number of thioether (sulfide) groups is 2. The lowest BCUT2D eigenvalue weighted by atomic mass is 10.1. The molecular weight excluding hydrogens is 1270 g/mol. The molecule has 0 saturated heterocycles. The molecule has 8 aromatic carbocycles. The molecule has 4 N–H and O–H groups in total. The number of nitrogens with one attached hydrogen (secondary N) is 1. The highest BCUT2D eigenvalue weighted by molar-refractivity contribution is 7.99. The first kappa shape index (κ1) is 68.9. The van der Waals surface area contributed by atoms with Crippen molar-refractivity contribution in [2.75, 3.05) is 24.6 Å². The van der Waals surface area contributed by atoms with Gasteiger partial charge in [0.05, 0.1) is 15.4 Å². The highest BCUT2D eigenvalue weighted by Gasteiger charge is 2.32. The molecule has 460 valence electrons. The second kappa shape index (κ2) is 32.2. The summed E-state index contributed by atoms with van der Waals surface area (Å²) in [6.45, 7) is 2.72. The van der Waals surface area contributed by atoms with Crippen LogP contribution in [-0.4, -0.2) is 80.9 Å². The number of carbonyl (C=O) groups excluding carboxylic acids is 1. The summed E-state index contributed by atoms with van der Waals surface area (Å²) in [6, 6.07) is 49.1. The summed E-state index contributed by atoms with van der Waals surface area (Å²) in [4.78, 5) is 29.0. The Morgan fingerprint density at radius 1 is 0.506 bits per heavy atom. The van der Waals surface area contributed by atoms with Crippen molar-refractivity contribution < 1.29 is 76.1 Å². The third kappa shape index (κ3) is 23.8. The Balaban J connectivity index is 0.000000236. The van der Waals surface area contributed by atoms with Crippen molar-refractivity contribution >= 4 is 78.6 Å². The molecule has 0 aliphatic rings. The number of nitrogens with zero attached hydrogens (tertiary/aromatic N) is 2. The Hall–Kier alpha value is -7.20. The fraction of sp³-hybridized carbons (Fsp3) is 0.167. The van der Waals surface area contributed by atoms with Crippen LogP contribution in [0, 0.1) is 11.6 Å². The molecule has 8 rings (SSSR count). The molecule has 0 aliphatic carbocycles. The third-order valence-corrected chi connectivity index (χ3v) is 16.9. The Morgan fingerprint density at radius 3 is 1.24 bits per heavy atom. The Morgan fingerprint density at radius 2 is 0.885 bits per heavy atom. The van der Waals surface area contributed by atoms with E-state index in [2.05, 4.69) is 26.5 Å². The van der Waals surface area contributed by atoms with Crippen LogP contribution in [0.3, 0.4) is 0 Å². The van der Waals surface area contributed by atoms with Crippen LogP contribution >= 0.6 is 46.7 Å². The zero-order chi connectivity index (χ0) is 63.4. The van der Waals surface area contributed by atoms with Crippen LogP contribution < -0.4 is 19.3 Å². The number of benzene rings is 8. The number of carboxylic acids is 1. The van der Waals surface area contributed by atoms with Crippen LogP contribution in [0.1, 0.15) is 43.0 Å². The number of aromatic carboxylic acids is 1. The van der Waals surface area contributed by atoms with Crippen LogP contribution in [0.2, 0.25) is 10.0 Å². The molecule has 13 nitrogen and oxygen atoms in total. The number of sulfonamides is 2. The van der Waals surface area contributed by atoms with Gasteiger partial charge >= 0.3 is 18.7 Å². The van der Waals surface area contributed by atoms with Gasteiger partial charge in [0.2, 0.25) is 10.0 Å². The molecule has 0 bridgehead atoms. The number of amides is 1. The zero-order valence-corrected chi connectivity index (χ0v) is 50.0. The molecule has 0 aromatic heterocycles. The van der Waals surface area contributed by atoms with Crippen LogP contribution in [-0.2, 0) is 46.2 Å². The fourth-order valence-corrected chi connectivity index (χ4v) is 11.6. The van der Waals surface area contributed by atoms with Gasteiger partial charge in [0, 0.05) is 87.3 Å². The van der Waals surface area contributed by atoms with E-state index >= 15 is 0 Å². The van der Waals surface area contributed by atoms with Gasteiger partial charge in [-0.15, -0.1) is 49.9 Å². The van der Waals surface area contributed by atoms with Gasteiger partial charge in [-0.25, -0.2) is 40.3 Å². The quantitative estimate of drug-likeness (QED) is 0.0406. The predicted molar refractivity (Wildman–Crippen MR) is 317 cm³/mol. The number of primary sulfonamides is 1. The minimum atomic E-state index is -4.90. The average molecular weight is 1320 g/mol. The van der Waals surface area contributed by atoms with E-state index in [1.807, 2.05) is 58.2 Å².